The maximum absolute atomic E-state index is 13.6. The van der Waals surface area contributed by atoms with E-state index in [-0.39, 0.29) is 22.8 Å². The molecule has 3 rings (SSSR count). The summed E-state index contributed by atoms with van der Waals surface area (Å²) < 4.78 is 13.6. The summed E-state index contributed by atoms with van der Waals surface area (Å²) in [5.41, 5.74) is 4.17. The first-order valence-electron chi connectivity index (χ1n) is 6.01. The average Bonchev–Trinajstić information content (AvgIpc) is 3.05. The second-order valence-electron chi connectivity index (χ2n) is 4.55. The van der Waals surface area contributed by atoms with Crippen LogP contribution >= 0.6 is 28.3 Å². The zero-order valence-corrected chi connectivity index (χ0v) is 13.6. The van der Waals surface area contributed by atoms with Crippen LogP contribution in [0.2, 0.25) is 0 Å². The maximum Gasteiger partial charge on any atom is 0.140 e. The highest BCUT2D eigenvalue weighted by atomic mass is 79.9. The Morgan fingerprint density at radius 3 is 2.50 bits per heavy atom. The number of halogens is 2. The van der Waals surface area contributed by atoms with Crippen molar-refractivity contribution in [1.29, 1.82) is 0 Å². The van der Waals surface area contributed by atoms with Crippen molar-refractivity contribution < 1.29 is 4.39 Å². The van der Waals surface area contributed by atoms with Crippen LogP contribution in [-0.4, -0.2) is 9.97 Å². The van der Waals surface area contributed by atoms with Crippen LogP contribution < -0.4 is 0 Å². The van der Waals surface area contributed by atoms with Crippen LogP contribution in [-0.2, 0) is 0 Å². The van der Waals surface area contributed by atoms with Crippen molar-refractivity contribution in [3.8, 4) is 22.0 Å². The standard InChI is InChI=1S/C15H13FN2S.BrH/c1-9-6-11(7-10(2)14(9)16)13-8-19-15(18-13)12-4-3-5-17-12;/h3-8,17H,1-2H3;1H. The Kier molecular flexibility index (Phi) is 4.40. The van der Waals surface area contributed by atoms with Gasteiger partial charge in [-0.1, -0.05) is 0 Å². The predicted molar refractivity (Wildman–Crippen MR) is 87.1 cm³/mol. The highest BCUT2D eigenvalue weighted by Crippen LogP contribution is 2.29. The van der Waals surface area contributed by atoms with Crippen LogP contribution in [0.4, 0.5) is 4.39 Å². The number of aromatic amines is 1. The van der Waals surface area contributed by atoms with Gasteiger partial charge in [0.15, 0.2) is 0 Å². The number of thiazole rings is 1. The molecular formula is C15H14BrFN2S. The number of H-pyrrole nitrogens is 1. The predicted octanol–water partition coefficient (Wildman–Crippen LogP) is 5.14. The lowest BCUT2D eigenvalue weighted by molar-refractivity contribution is 0.609. The van der Waals surface area contributed by atoms with Gasteiger partial charge in [0.05, 0.1) is 11.4 Å². The van der Waals surface area contributed by atoms with Gasteiger partial charge in [0.25, 0.3) is 0 Å². The zero-order valence-electron chi connectivity index (χ0n) is 11.1. The van der Waals surface area contributed by atoms with Gasteiger partial charge in [-0.2, -0.15) is 0 Å². The summed E-state index contributed by atoms with van der Waals surface area (Å²) in [5, 5.41) is 2.95. The van der Waals surface area contributed by atoms with Crippen molar-refractivity contribution in [2.45, 2.75) is 13.8 Å². The first-order chi connectivity index (χ1) is 9.15. The van der Waals surface area contributed by atoms with Crippen LogP contribution in [0.3, 0.4) is 0 Å². The van der Waals surface area contributed by atoms with Crippen LogP contribution in [0, 0.1) is 19.7 Å². The molecule has 1 aromatic carbocycles. The second kappa shape index (κ2) is 5.89. The monoisotopic (exact) mass is 352 g/mol. The average molecular weight is 353 g/mol. The summed E-state index contributed by atoms with van der Waals surface area (Å²) in [6, 6.07) is 7.62. The summed E-state index contributed by atoms with van der Waals surface area (Å²) in [6.07, 6.45) is 1.88. The minimum Gasteiger partial charge on any atom is -0.359 e. The molecule has 0 spiro atoms. The van der Waals surface area contributed by atoms with Gasteiger partial charge in [-0.25, -0.2) is 9.37 Å². The third-order valence-corrected chi connectivity index (χ3v) is 3.94. The molecule has 104 valence electrons. The molecule has 0 aliphatic heterocycles. The van der Waals surface area contributed by atoms with Crippen molar-refractivity contribution in [3.63, 3.8) is 0 Å². The van der Waals surface area contributed by atoms with E-state index in [0.717, 1.165) is 22.0 Å². The van der Waals surface area contributed by atoms with E-state index in [1.54, 1.807) is 25.2 Å². The molecule has 20 heavy (non-hydrogen) atoms. The molecule has 0 aliphatic rings. The molecule has 0 radical (unpaired) electrons. The Morgan fingerprint density at radius 2 is 1.90 bits per heavy atom. The molecule has 2 nitrogen and oxygen atoms in total. The van der Waals surface area contributed by atoms with Crippen LogP contribution in [0.25, 0.3) is 22.0 Å². The van der Waals surface area contributed by atoms with E-state index in [4.69, 9.17) is 0 Å². The van der Waals surface area contributed by atoms with Gasteiger partial charge in [0.1, 0.15) is 10.8 Å². The fourth-order valence-electron chi connectivity index (χ4n) is 2.09. The minimum absolute atomic E-state index is 0. The summed E-state index contributed by atoms with van der Waals surface area (Å²) in [4.78, 5) is 7.74. The third-order valence-electron chi connectivity index (χ3n) is 3.06. The van der Waals surface area contributed by atoms with Crippen LogP contribution in [0.1, 0.15) is 11.1 Å². The lowest BCUT2D eigenvalue weighted by Gasteiger charge is -2.04. The van der Waals surface area contributed by atoms with E-state index in [2.05, 4.69) is 9.97 Å². The maximum atomic E-state index is 13.6. The Hall–Kier alpha value is -1.46. The molecule has 0 aliphatic carbocycles. The molecule has 0 bridgehead atoms. The SMILES string of the molecule is Br.Cc1cc(-c2csc(-c3ccc[nH]3)n2)cc(C)c1F. The molecule has 3 aromatic rings. The molecule has 0 atom stereocenters. The molecule has 2 aromatic heterocycles. The van der Waals surface area contributed by atoms with E-state index >= 15 is 0 Å². The van der Waals surface area contributed by atoms with Crippen molar-refractivity contribution >= 4 is 28.3 Å². The largest absolute Gasteiger partial charge is 0.359 e. The van der Waals surface area contributed by atoms with Gasteiger partial charge < -0.3 is 4.98 Å². The van der Waals surface area contributed by atoms with E-state index in [1.807, 2.05) is 35.8 Å². The van der Waals surface area contributed by atoms with Crippen molar-refractivity contribution in [2.24, 2.45) is 0 Å². The van der Waals surface area contributed by atoms with Gasteiger partial charge in [0.2, 0.25) is 0 Å². The number of rotatable bonds is 2. The highest BCUT2D eigenvalue weighted by molar-refractivity contribution is 8.93. The van der Waals surface area contributed by atoms with Gasteiger partial charge >= 0.3 is 0 Å². The van der Waals surface area contributed by atoms with E-state index in [0.29, 0.717) is 11.1 Å². The fraction of sp³-hybridized carbons (Fsp3) is 0.133. The summed E-state index contributed by atoms with van der Waals surface area (Å²) in [6.45, 7) is 3.56. The molecule has 0 saturated carbocycles. The third kappa shape index (κ3) is 2.69. The Bertz CT molecular complexity index is 696. The highest BCUT2D eigenvalue weighted by Gasteiger charge is 2.10. The normalized spacial score (nSPS) is 10.3. The Balaban J connectivity index is 0.00000147. The van der Waals surface area contributed by atoms with Crippen molar-refractivity contribution in [1.82, 2.24) is 9.97 Å². The molecule has 0 saturated heterocycles. The Morgan fingerprint density at radius 1 is 1.20 bits per heavy atom. The summed E-state index contributed by atoms with van der Waals surface area (Å²) >= 11 is 1.58. The smallest absolute Gasteiger partial charge is 0.140 e. The lowest BCUT2D eigenvalue weighted by Crippen LogP contribution is -1.90. The first kappa shape index (κ1) is 14.9. The zero-order chi connectivity index (χ0) is 13.4. The van der Waals surface area contributed by atoms with Crippen molar-refractivity contribution in [2.75, 3.05) is 0 Å². The summed E-state index contributed by atoms with van der Waals surface area (Å²) in [7, 11) is 0. The van der Waals surface area contributed by atoms with E-state index < -0.39 is 0 Å². The number of nitrogens with one attached hydrogen (secondary N) is 1. The molecule has 0 unspecified atom stereocenters. The van der Waals surface area contributed by atoms with Crippen LogP contribution in [0.15, 0.2) is 35.8 Å². The Labute approximate surface area is 131 Å². The van der Waals surface area contributed by atoms with E-state index in [9.17, 15) is 4.39 Å². The number of hydrogen-bond acceptors (Lipinski definition) is 2. The minimum atomic E-state index is -0.136. The van der Waals surface area contributed by atoms with Gasteiger partial charge in [-0.15, -0.1) is 28.3 Å². The quantitative estimate of drug-likeness (QED) is 0.679. The molecule has 2 heterocycles. The van der Waals surface area contributed by atoms with Gasteiger partial charge in [-0.3, -0.25) is 0 Å². The first-order valence-corrected chi connectivity index (χ1v) is 6.89. The molecule has 0 fully saturated rings. The molecule has 5 heteroatoms. The van der Waals surface area contributed by atoms with E-state index in [1.165, 1.54) is 0 Å². The molecule has 1 N–H and O–H groups in total. The summed E-state index contributed by atoms with van der Waals surface area (Å²) in [5.74, 6) is -0.136. The fourth-order valence-corrected chi connectivity index (χ4v) is 2.90. The lowest BCUT2D eigenvalue weighted by atomic mass is 10.0. The number of nitrogens with zero attached hydrogens (tertiary/aromatic N) is 1. The number of aryl methyl sites for hydroxylation is 2. The van der Waals surface area contributed by atoms with Gasteiger partial charge in [-0.05, 0) is 49.2 Å². The molecular weight excluding hydrogens is 339 g/mol. The van der Waals surface area contributed by atoms with Crippen LogP contribution in [0.5, 0.6) is 0 Å². The topological polar surface area (TPSA) is 28.7 Å². The van der Waals surface area contributed by atoms with Crippen molar-refractivity contribution in [3.05, 3.63) is 52.8 Å². The second-order valence-corrected chi connectivity index (χ2v) is 5.40. The van der Waals surface area contributed by atoms with Gasteiger partial charge in [0, 0.05) is 17.1 Å². The molecule has 0 amide bonds. The number of benzene rings is 1. The number of aromatic nitrogens is 2. The number of hydrogen-bond donors (Lipinski definition) is 1.